The van der Waals surface area contributed by atoms with Crippen LogP contribution < -0.4 is 10.6 Å². The van der Waals surface area contributed by atoms with Crippen LogP contribution in [0, 0.1) is 0 Å². The standard InChI is InChI=1S/C14H18ClF3N2O2/c1-9(21)6-7-19-13(22)20-12(8-14(16,17)18)10-2-4-11(15)5-3-10/h2-5,9,12,21H,6-8H2,1H3,(H2,19,20,22). The Morgan fingerprint density at radius 3 is 2.41 bits per heavy atom. The molecule has 3 N–H and O–H groups in total. The molecule has 2 atom stereocenters. The molecule has 0 heterocycles. The van der Waals surface area contributed by atoms with Gasteiger partial charge in [0.25, 0.3) is 0 Å². The smallest absolute Gasteiger partial charge is 0.391 e. The van der Waals surface area contributed by atoms with E-state index in [0.717, 1.165) is 0 Å². The van der Waals surface area contributed by atoms with E-state index in [4.69, 9.17) is 16.7 Å². The SMILES string of the molecule is CC(O)CCNC(=O)NC(CC(F)(F)F)c1ccc(Cl)cc1. The van der Waals surface area contributed by atoms with Gasteiger partial charge in [0.05, 0.1) is 18.6 Å². The molecule has 0 saturated heterocycles. The van der Waals surface area contributed by atoms with Crippen molar-refractivity contribution in [3.05, 3.63) is 34.9 Å². The summed E-state index contributed by atoms with van der Waals surface area (Å²) in [6.45, 7) is 1.72. The van der Waals surface area contributed by atoms with Crippen molar-refractivity contribution in [1.29, 1.82) is 0 Å². The lowest BCUT2D eigenvalue weighted by Gasteiger charge is -2.21. The number of carbonyl (C=O) groups is 1. The molecule has 0 bridgehead atoms. The molecular weight excluding hydrogens is 321 g/mol. The summed E-state index contributed by atoms with van der Waals surface area (Å²) in [5, 5.41) is 14.2. The second kappa shape index (κ2) is 8.24. The fourth-order valence-corrected chi connectivity index (χ4v) is 1.91. The summed E-state index contributed by atoms with van der Waals surface area (Å²) in [6.07, 6.45) is -5.88. The topological polar surface area (TPSA) is 61.4 Å². The van der Waals surface area contributed by atoms with Crippen molar-refractivity contribution in [3.8, 4) is 0 Å². The molecule has 0 fully saturated rings. The van der Waals surface area contributed by atoms with Gasteiger partial charge in [-0.2, -0.15) is 13.2 Å². The molecule has 0 spiro atoms. The highest BCUT2D eigenvalue weighted by Gasteiger charge is 2.33. The number of hydrogen-bond acceptors (Lipinski definition) is 2. The average Bonchev–Trinajstić information content (AvgIpc) is 2.36. The normalized spacial score (nSPS) is 14.3. The van der Waals surface area contributed by atoms with Gasteiger partial charge < -0.3 is 15.7 Å². The molecule has 0 aromatic heterocycles. The van der Waals surface area contributed by atoms with Gasteiger partial charge in [-0.15, -0.1) is 0 Å². The number of nitrogens with one attached hydrogen (secondary N) is 2. The lowest BCUT2D eigenvalue weighted by atomic mass is 10.0. The van der Waals surface area contributed by atoms with Crippen molar-refractivity contribution in [2.45, 2.75) is 38.1 Å². The van der Waals surface area contributed by atoms with E-state index in [0.29, 0.717) is 17.0 Å². The van der Waals surface area contributed by atoms with Gasteiger partial charge in [-0.3, -0.25) is 0 Å². The van der Waals surface area contributed by atoms with Crippen molar-refractivity contribution in [2.75, 3.05) is 6.54 Å². The Balaban J connectivity index is 2.70. The zero-order valence-electron chi connectivity index (χ0n) is 12.0. The van der Waals surface area contributed by atoms with Crippen molar-refractivity contribution in [3.63, 3.8) is 0 Å². The molecule has 0 saturated carbocycles. The third kappa shape index (κ3) is 7.51. The van der Waals surface area contributed by atoms with Crippen LogP contribution in [0.5, 0.6) is 0 Å². The molecule has 0 aliphatic rings. The third-order valence-electron chi connectivity index (χ3n) is 2.86. The number of amides is 2. The number of halogens is 4. The van der Waals surface area contributed by atoms with Crippen LogP contribution in [-0.2, 0) is 0 Å². The molecule has 0 aliphatic heterocycles. The lowest BCUT2D eigenvalue weighted by molar-refractivity contribution is -0.139. The summed E-state index contributed by atoms with van der Waals surface area (Å²) in [5.74, 6) is 0. The van der Waals surface area contributed by atoms with E-state index < -0.39 is 30.8 Å². The van der Waals surface area contributed by atoms with Crippen LogP contribution in [0.25, 0.3) is 0 Å². The summed E-state index contributed by atoms with van der Waals surface area (Å²) >= 11 is 5.71. The Morgan fingerprint density at radius 2 is 1.91 bits per heavy atom. The van der Waals surface area contributed by atoms with E-state index in [1.165, 1.54) is 24.3 Å². The zero-order valence-corrected chi connectivity index (χ0v) is 12.7. The van der Waals surface area contributed by atoms with Crippen molar-refractivity contribution in [1.82, 2.24) is 10.6 Å². The highest BCUT2D eigenvalue weighted by atomic mass is 35.5. The molecule has 8 heteroatoms. The third-order valence-corrected chi connectivity index (χ3v) is 3.11. The number of carbonyl (C=O) groups excluding carboxylic acids is 1. The minimum absolute atomic E-state index is 0.169. The number of rotatable bonds is 6. The Hall–Kier alpha value is -1.47. The second-order valence-corrected chi connectivity index (χ2v) is 5.40. The lowest BCUT2D eigenvalue weighted by Crippen LogP contribution is -2.40. The second-order valence-electron chi connectivity index (χ2n) is 4.96. The molecule has 1 aromatic carbocycles. The van der Waals surface area contributed by atoms with E-state index in [2.05, 4.69) is 10.6 Å². The first-order chi connectivity index (χ1) is 10.2. The number of alkyl halides is 3. The molecular formula is C14H18ClF3N2O2. The van der Waals surface area contributed by atoms with Gasteiger partial charge in [0.2, 0.25) is 0 Å². The highest BCUT2D eigenvalue weighted by Crippen LogP contribution is 2.30. The molecule has 4 nitrogen and oxygen atoms in total. The Kier molecular flexibility index (Phi) is 6.96. The van der Waals surface area contributed by atoms with Crippen molar-refractivity contribution in [2.24, 2.45) is 0 Å². The van der Waals surface area contributed by atoms with E-state index in [1.807, 2.05) is 0 Å². The predicted octanol–water partition coefficient (Wildman–Crippen LogP) is 3.40. The van der Waals surface area contributed by atoms with Crippen LogP contribution in [0.3, 0.4) is 0 Å². The maximum Gasteiger partial charge on any atom is 0.391 e. The fraction of sp³-hybridized carbons (Fsp3) is 0.500. The minimum atomic E-state index is -4.42. The van der Waals surface area contributed by atoms with Gasteiger partial charge >= 0.3 is 12.2 Å². The van der Waals surface area contributed by atoms with E-state index in [-0.39, 0.29) is 6.54 Å². The van der Waals surface area contributed by atoms with Gasteiger partial charge in [-0.05, 0) is 31.0 Å². The monoisotopic (exact) mass is 338 g/mol. The summed E-state index contributed by atoms with van der Waals surface area (Å²) in [5.41, 5.74) is 0.312. The summed E-state index contributed by atoms with van der Waals surface area (Å²) < 4.78 is 37.9. The van der Waals surface area contributed by atoms with Crippen molar-refractivity contribution < 1.29 is 23.1 Å². The Morgan fingerprint density at radius 1 is 1.32 bits per heavy atom. The van der Waals surface area contributed by atoms with E-state index in [9.17, 15) is 18.0 Å². The molecule has 0 radical (unpaired) electrons. The van der Waals surface area contributed by atoms with Crippen LogP contribution in [0.4, 0.5) is 18.0 Å². The number of aliphatic hydroxyl groups is 1. The van der Waals surface area contributed by atoms with Crippen LogP contribution in [0.15, 0.2) is 24.3 Å². The first-order valence-corrected chi connectivity index (χ1v) is 7.10. The number of urea groups is 1. The quantitative estimate of drug-likeness (QED) is 0.744. The van der Waals surface area contributed by atoms with Crippen LogP contribution in [0.2, 0.25) is 5.02 Å². The van der Waals surface area contributed by atoms with Crippen molar-refractivity contribution >= 4 is 17.6 Å². The minimum Gasteiger partial charge on any atom is -0.393 e. The van der Waals surface area contributed by atoms with Gasteiger partial charge in [0.1, 0.15) is 0 Å². The first-order valence-electron chi connectivity index (χ1n) is 6.72. The Bertz CT molecular complexity index is 478. The highest BCUT2D eigenvalue weighted by molar-refractivity contribution is 6.30. The summed E-state index contributed by atoms with van der Waals surface area (Å²) in [6, 6.07) is 3.89. The Labute approximate surface area is 131 Å². The van der Waals surface area contributed by atoms with Gasteiger partial charge in [-0.1, -0.05) is 23.7 Å². The average molecular weight is 339 g/mol. The van der Waals surface area contributed by atoms with E-state index >= 15 is 0 Å². The maximum absolute atomic E-state index is 12.6. The summed E-state index contributed by atoms with van der Waals surface area (Å²) in [4.78, 5) is 11.7. The molecule has 0 aliphatic carbocycles. The predicted molar refractivity (Wildman–Crippen MR) is 77.7 cm³/mol. The number of hydrogen-bond donors (Lipinski definition) is 3. The molecule has 2 unspecified atom stereocenters. The molecule has 1 rings (SSSR count). The summed E-state index contributed by atoms with van der Waals surface area (Å²) in [7, 11) is 0. The zero-order chi connectivity index (χ0) is 16.8. The fourth-order valence-electron chi connectivity index (χ4n) is 1.78. The number of benzene rings is 1. The molecule has 2 amide bonds. The van der Waals surface area contributed by atoms with E-state index in [1.54, 1.807) is 6.92 Å². The molecule has 22 heavy (non-hydrogen) atoms. The first kappa shape index (κ1) is 18.6. The largest absolute Gasteiger partial charge is 0.393 e. The van der Waals surface area contributed by atoms with Crippen LogP contribution in [0.1, 0.15) is 31.4 Å². The van der Waals surface area contributed by atoms with Gasteiger partial charge in [-0.25, -0.2) is 4.79 Å². The van der Waals surface area contributed by atoms with Crippen LogP contribution >= 0.6 is 11.6 Å². The van der Waals surface area contributed by atoms with Gasteiger partial charge in [0.15, 0.2) is 0 Å². The van der Waals surface area contributed by atoms with Gasteiger partial charge in [0, 0.05) is 11.6 Å². The maximum atomic E-state index is 12.6. The number of aliphatic hydroxyl groups excluding tert-OH is 1. The van der Waals surface area contributed by atoms with Crippen LogP contribution in [-0.4, -0.2) is 30.0 Å². The molecule has 1 aromatic rings. The molecule has 124 valence electrons.